The van der Waals surface area contributed by atoms with Crippen molar-refractivity contribution < 1.29 is 0 Å². The first kappa shape index (κ1) is 14.3. The van der Waals surface area contributed by atoms with E-state index in [0.717, 1.165) is 5.92 Å². The zero-order valence-corrected chi connectivity index (χ0v) is 12.6. The number of benzene rings is 1. The van der Waals surface area contributed by atoms with Gasteiger partial charge in [0.05, 0.1) is 0 Å². The fourth-order valence-corrected chi connectivity index (χ4v) is 2.22. The lowest BCUT2D eigenvalue weighted by atomic mass is 9.77. The molecule has 1 aromatic rings. The van der Waals surface area contributed by atoms with Crippen LogP contribution in [-0.4, -0.2) is 0 Å². The normalized spacial score (nSPS) is 12.2. The van der Waals surface area contributed by atoms with Crippen molar-refractivity contribution in [1.29, 1.82) is 0 Å². The molecular weight excluding hydrogens is 204 g/mol. The van der Waals surface area contributed by atoms with E-state index in [1.165, 1.54) is 35.1 Å². The molecule has 0 bridgehead atoms. The Bertz CT molecular complexity index is 360. The van der Waals surface area contributed by atoms with E-state index in [-0.39, 0.29) is 0 Å². The summed E-state index contributed by atoms with van der Waals surface area (Å²) in [5, 5.41) is 0. The lowest BCUT2D eigenvalue weighted by Crippen LogP contribution is -2.18. The Labute approximate surface area is 107 Å². The van der Waals surface area contributed by atoms with E-state index in [0.29, 0.717) is 5.41 Å². The third-order valence-electron chi connectivity index (χ3n) is 4.06. The predicted molar refractivity (Wildman–Crippen MR) is 77.8 cm³/mol. The van der Waals surface area contributed by atoms with Crippen LogP contribution in [0.1, 0.15) is 62.8 Å². The van der Waals surface area contributed by atoms with Crippen molar-refractivity contribution in [2.45, 2.75) is 66.7 Å². The van der Waals surface area contributed by atoms with E-state index in [9.17, 15) is 0 Å². The van der Waals surface area contributed by atoms with Crippen LogP contribution >= 0.6 is 0 Å². The third kappa shape index (κ3) is 3.59. The summed E-state index contributed by atoms with van der Waals surface area (Å²) < 4.78 is 0. The fourth-order valence-electron chi connectivity index (χ4n) is 2.22. The Morgan fingerprint density at radius 1 is 1.00 bits per heavy atom. The summed E-state index contributed by atoms with van der Waals surface area (Å²) in [6.45, 7) is 16.0. The lowest BCUT2D eigenvalue weighted by Gasteiger charge is -2.27. The Balaban J connectivity index is 2.98. The molecule has 96 valence electrons. The summed E-state index contributed by atoms with van der Waals surface area (Å²) in [7, 11) is 0. The molecule has 0 spiro atoms. The van der Waals surface area contributed by atoms with Crippen LogP contribution in [0.5, 0.6) is 0 Å². The van der Waals surface area contributed by atoms with Crippen LogP contribution < -0.4 is 0 Å². The molecule has 0 aliphatic rings. The third-order valence-corrected chi connectivity index (χ3v) is 4.06. The van der Waals surface area contributed by atoms with Crippen molar-refractivity contribution in [1.82, 2.24) is 0 Å². The number of rotatable bonds is 4. The van der Waals surface area contributed by atoms with Crippen molar-refractivity contribution >= 4 is 0 Å². The Kier molecular flexibility index (Phi) is 4.41. The molecule has 0 atom stereocenters. The fraction of sp³-hybridized carbons (Fsp3) is 0.647. The lowest BCUT2D eigenvalue weighted by molar-refractivity contribution is 0.414. The first-order valence-electron chi connectivity index (χ1n) is 6.82. The molecule has 0 unspecified atom stereocenters. The standard InChI is InChI=1S/C17H28/c1-12(2)8-9-17(6,7)16-10-13(3)15(5)14(4)11-16/h10-12H,8-9H2,1-7H3. The van der Waals surface area contributed by atoms with E-state index in [2.05, 4.69) is 60.6 Å². The molecule has 17 heavy (non-hydrogen) atoms. The topological polar surface area (TPSA) is 0 Å². The zero-order valence-electron chi connectivity index (χ0n) is 12.6. The Morgan fingerprint density at radius 3 is 1.88 bits per heavy atom. The average molecular weight is 232 g/mol. The summed E-state index contributed by atoms with van der Waals surface area (Å²) in [4.78, 5) is 0. The van der Waals surface area contributed by atoms with Gasteiger partial charge in [0.15, 0.2) is 0 Å². The van der Waals surface area contributed by atoms with E-state index >= 15 is 0 Å². The maximum absolute atomic E-state index is 2.38. The van der Waals surface area contributed by atoms with Crippen LogP contribution in [0.3, 0.4) is 0 Å². The zero-order chi connectivity index (χ0) is 13.2. The highest BCUT2D eigenvalue weighted by Crippen LogP contribution is 2.32. The van der Waals surface area contributed by atoms with Crippen LogP contribution in [0.4, 0.5) is 0 Å². The van der Waals surface area contributed by atoms with Crippen LogP contribution in [0, 0.1) is 26.7 Å². The van der Waals surface area contributed by atoms with E-state index in [1.807, 2.05) is 0 Å². The molecule has 0 heterocycles. The average Bonchev–Trinajstić information content (AvgIpc) is 2.22. The number of hydrogen-bond acceptors (Lipinski definition) is 0. The molecule has 0 fully saturated rings. The monoisotopic (exact) mass is 232 g/mol. The van der Waals surface area contributed by atoms with Gasteiger partial charge in [-0.2, -0.15) is 0 Å². The van der Waals surface area contributed by atoms with Gasteiger partial charge in [-0.1, -0.05) is 46.2 Å². The minimum Gasteiger partial charge on any atom is -0.0628 e. The summed E-state index contributed by atoms with van der Waals surface area (Å²) in [5.41, 5.74) is 6.09. The molecule has 0 saturated heterocycles. The highest BCUT2D eigenvalue weighted by Gasteiger charge is 2.21. The summed E-state index contributed by atoms with van der Waals surface area (Å²) in [6, 6.07) is 4.76. The molecule has 0 radical (unpaired) electrons. The van der Waals surface area contributed by atoms with E-state index < -0.39 is 0 Å². The number of hydrogen-bond donors (Lipinski definition) is 0. The van der Waals surface area contributed by atoms with Gasteiger partial charge in [0.2, 0.25) is 0 Å². The highest BCUT2D eigenvalue weighted by atomic mass is 14.3. The molecule has 0 aliphatic carbocycles. The molecule has 0 nitrogen and oxygen atoms in total. The first-order chi connectivity index (χ1) is 7.74. The van der Waals surface area contributed by atoms with Gasteiger partial charge in [0, 0.05) is 0 Å². The second-order valence-corrected chi connectivity index (χ2v) is 6.55. The Morgan fingerprint density at radius 2 is 1.47 bits per heavy atom. The van der Waals surface area contributed by atoms with Crippen molar-refractivity contribution in [2.24, 2.45) is 5.92 Å². The van der Waals surface area contributed by atoms with Crippen molar-refractivity contribution in [2.75, 3.05) is 0 Å². The van der Waals surface area contributed by atoms with Crippen LogP contribution in [0.2, 0.25) is 0 Å². The molecule has 0 N–H and O–H groups in total. The predicted octanol–water partition coefficient (Wildman–Crippen LogP) is 5.33. The van der Waals surface area contributed by atoms with Gasteiger partial charge < -0.3 is 0 Å². The van der Waals surface area contributed by atoms with Gasteiger partial charge >= 0.3 is 0 Å². The minimum atomic E-state index is 0.299. The largest absolute Gasteiger partial charge is 0.0628 e. The van der Waals surface area contributed by atoms with Gasteiger partial charge in [0.1, 0.15) is 0 Å². The molecule has 0 aromatic heterocycles. The quantitative estimate of drug-likeness (QED) is 0.658. The summed E-state index contributed by atoms with van der Waals surface area (Å²) in [6.07, 6.45) is 2.57. The SMILES string of the molecule is Cc1cc(C(C)(C)CCC(C)C)cc(C)c1C. The van der Waals surface area contributed by atoms with Crippen LogP contribution in [-0.2, 0) is 5.41 Å². The molecule has 0 saturated carbocycles. The second kappa shape index (κ2) is 5.25. The van der Waals surface area contributed by atoms with Gasteiger partial charge in [-0.3, -0.25) is 0 Å². The van der Waals surface area contributed by atoms with E-state index in [1.54, 1.807) is 0 Å². The Hall–Kier alpha value is -0.780. The molecule has 0 aliphatic heterocycles. The van der Waals surface area contributed by atoms with Crippen LogP contribution in [0.15, 0.2) is 12.1 Å². The van der Waals surface area contributed by atoms with Gasteiger partial charge in [-0.05, 0) is 60.8 Å². The summed E-state index contributed by atoms with van der Waals surface area (Å²) in [5.74, 6) is 0.793. The summed E-state index contributed by atoms with van der Waals surface area (Å²) >= 11 is 0. The molecule has 0 heteroatoms. The van der Waals surface area contributed by atoms with Crippen molar-refractivity contribution in [3.8, 4) is 0 Å². The van der Waals surface area contributed by atoms with Gasteiger partial charge in [-0.15, -0.1) is 0 Å². The van der Waals surface area contributed by atoms with Gasteiger partial charge in [0.25, 0.3) is 0 Å². The maximum Gasteiger partial charge on any atom is -0.0103 e. The number of aryl methyl sites for hydroxylation is 2. The molecule has 1 aromatic carbocycles. The highest BCUT2D eigenvalue weighted by molar-refractivity contribution is 5.39. The smallest absolute Gasteiger partial charge is 0.0103 e. The van der Waals surface area contributed by atoms with Gasteiger partial charge in [-0.25, -0.2) is 0 Å². The van der Waals surface area contributed by atoms with Crippen molar-refractivity contribution in [3.63, 3.8) is 0 Å². The molecular formula is C17H28. The van der Waals surface area contributed by atoms with Crippen LogP contribution in [0.25, 0.3) is 0 Å². The maximum atomic E-state index is 2.38. The first-order valence-corrected chi connectivity index (χ1v) is 6.82. The second-order valence-electron chi connectivity index (χ2n) is 6.55. The minimum absolute atomic E-state index is 0.299. The van der Waals surface area contributed by atoms with E-state index in [4.69, 9.17) is 0 Å². The molecule has 1 rings (SSSR count). The van der Waals surface area contributed by atoms with Crippen molar-refractivity contribution in [3.05, 3.63) is 34.4 Å². The molecule has 0 amide bonds.